The third kappa shape index (κ3) is 1.25. The third-order valence-corrected chi connectivity index (χ3v) is 5.05. The fraction of sp³-hybridized carbons (Fsp3) is 0.188. The molecule has 0 aromatic heterocycles. The van der Waals surface area contributed by atoms with Gasteiger partial charge < -0.3 is 0 Å². The van der Waals surface area contributed by atoms with Crippen LogP contribution >= 0.6 is 23.2 Å². The second kappa shape index (κ2) is 3.62. The van der Waals surface area contributed by atoms with Crippen LogP contribution in [0.3, 0.4) is 0 Å². The van der Waals surface area contributed by atoms with Gasteiger partial charge in [0.2, 0.25) is 5.24 Å². The Kier molecular flexibility index (Phi) is 2.19. The van der Waals surface area contributed by atoms with Crippen LogP contribution in [-0.4, -0.2) is 5.24 Å². The largest absolute Gasteiger partial charge is 0.280 e. The normalized spacial score (nSPS) is 26.1. The molecule has 4 rings (SSSR count). The molecule has 2 aromatic carbocycles. The van der Waals surface area contributed by atoms with Crippen LogP contribution in [0.15, 0.2) is 42.5 Å². The van der Waals surface area contributed by atoms with Gasteiger partial charge in [0, 0.05) is 10.9 Å². The number of hydrogen-bond donors (Lipinski definition) is 0. The predicted octanol–water partition coefficient (Wildman–Crippen LogP) is 4.24. The zero-order valence-electron chi connectivity index (χ0n) is 9.99. The average Bonchev–Trinajstić information content (AvgIpc) is 2.92. The van der Waals surface area contributed by atoms with Crippen molar-refractivity contribution in [3.63, 3.8) is 0 Å². The van der Waals surface area contributed by atoms with Crippen molar-refractivity contribution in [2.75, 3.05) is 0 Å². The molecule has 0 saturated heterocycles. The summed E-state index contributed by atoms with van der Waals surface area (Å²) in [5.41, 5.74) is 3.77. The average molecular weight is 289 g/mol. The van der Waals surface area contributed by atoms with Gasteiger partial charge in [0.05, 0.1) is 5.41 Å². The quantitative estimate of drug-likeness (QED) is 0.718. The molecule has 1 unspecified atom stereocenters. The Balaban J connectivity index is 2.10. The Bertz CT molecular complexity index is 722. The van der Waals surface area contributed by atoms with Crippen molar-refractivity contribution in [1.29, 1.82) is 0 Å². The van der Waals surface area contributed by atoms with E-state index < -0.39 is 5.41 Å². The zero-order chi connectivity index (χ0) is 13.2. The number of hydrogen-bond acceptors (Lipinski definition) is 1. The van der Waals surface area contributed by atoms with Crippen LogP contribution in [0.4, 0.5) is 0 Å². The third-order valence-electron chi connectivity index (χ3n) is 4.49. The Morgan fingerprint density at radius 3 is 2.63 bits per heavy atom. The molecule has 2 aliphatic rings. The summed E-state index contributed by atoms with van der Waals surface area (Å²) >= 11 is 12.1. The maximum atomic E-state index is 12.2. The Labute approximate surface area is 121 Å². The van der Waals surface area contributed by atoms with Gasteiger partial charge in [-0.3, -0.25) is 4.79 Å². The van der Waals surface area contributed by atoms with E-state index in [4.69, 9.17) is 23.2 Å². The van der Waals surface area contributed by atoms with Crippen LogP contribution < -0.4 is 0 Å². The molecule has 0 N–H and O–H groups in total. The number of carbonyl (C=O) groups is 1. The van der Waals surface area contributed by atoms with Gasteiger partial charge in [-0.2, -0.15) is 0 Å². The van der Waals surface area contributed by atoms with E-state index in [1.54, 1.807) is 0 Å². The Morgan fingerprint density at radius 2 is 1.84 bits per heavy atom. The highest BCUT2D eigenvalue weighted by atomic mass is 35.5. The Morgan fingerprint density at radius 1 is 1.11 bits per heavy atom. The summed E-state index contributed by atoms with van der Waals surface area (Å²) in [5.74, 6) is 0.270. The van der Waals surface area contributed by atoms with E-state index in [1.807, 2.05) is 36.4 Å². The van der Waals surface area contributed by atoms with E-state index in [0.29, 0.717) is 5.02 Å². The van der Waals surface area contributed by atoms with E-state index in [0.717, 1.165) is 17.5 Å². The highest BCUT2D eigenvalue weighted by Crippen LogP contribution is 2.61. The van der Waals surface area contributed by atoms with Gasteiger partial charge in [-0.1, -0.05) is 41.9 Å². The van der Waals surface area contributed by atoms with E-state index in [2.05, 4.69) is 6.07 Å². The summed E-state index contributed by atoms with van der Waals surface area (Å²) in [7, 11) is 0. The molecule has 19 heavy (non-hydrogen) atoms. The number of fused-ring (bicyclic) bond motifs is 8. The van der Waals surface area contributed by atoms with Gasteiger partial charge in [-0.15, -0.1) is 0 Å². The van der Waals surface area contributed by atoms with Gasteiger partial charge in [-0.25, -0.2) is 0 Å². The monoisotopic (exact) mass is 288 g/mol. The summed E-state index contributed by atoms with van der Waals surface area (Å²) in [6, 6.07) is 13.9. The van der Waals surface area contributed by atoms with E-state index in [1.165, 1.54) is 11.1 Å². The van der Waals surface area contributed by atoms with Gasteiger partial charge in [0.25, 0.3) is 0 Å². The minimum atomic E-state index is -0.691. The Hall–Kier alpha value is -1.31. The maximum absolute atomic E-state index is 12.2. The van der Waals surface area contributed by atoms with Crippen molar-refractivity contribution >= 4 is 28.4 Å². The molecule has 0 aliphatic heterocycles. The van der Waals surface area contributed by atoms with E-state index >= 15 is 0 Å². The smallest absolute Gasteiger partial charge is 0.236 e. The number of halogens is 2. The molecule has 0 heterocycles. The van der Waals surface area contributed by atoms with Crippen LogP contribution in [0.25, 0.3) is 0 Å². The molecule has 0 fully saturated rings. The molecule has 2 aliphatic carbocycles. The summed E-state index contributed by atoms with van der Waals surface area (Å²) in [5, 5.41) is 0.351. The zero-order valence-corrected chi connectivity index (χ0v) is 11.5. The number of carbonyl (C=O) groups excluding carboxylic acids is 1. The summed E-state index contributed by atoms with van der Waals surface area (Å²) < 4.78 is 0. The molecule has 3 heteroatoms. The van der Waals surface area contributed by atoms with Gasteiger partial charge in [0.15, 0.2) is 0 Å². The first-order chi connectivity index (χ1) is 9.14. The van der Waals surface area contributed by atoms with Crippen molar-refractivity contribution in [2.24, 2.45) is 0 Å². The van der Waals surface area contributed by atoms with Crippen LogP contribution in [0.2, 0.25) is 5.02 Å². The van der Waals surface area contributed by atoms with Gasteiger partial charge in [-0.05, 0) is 52.4 Å². The second-order valence-electron chi connectivity index (χ2n) is 5.25. The topological polar surface area (TPSA) is 17.1 Å². The van der Waals surface area contributed by atoms with Crippen molar-refractivity contribution in [2.45, 2.75) is 17.8 Å². The number of benzene rings is 2. The van der Waals surface area contributed by atoms with Crippen LogP contribution in [0, 0.1) is 0 Å². The number of rotatable bonds is 1. The molecule has 2 aromatic rings. The van der Waals surface area contributed by atoms with Gasteiger partial charge >= 0.3 is 0 Å². The summed E-state index contributed by atoms with van der Waals surface area (Å²) in [4.78, 5) is 12.2. The van der Waals surface area contributed by atoms with Crippen molar-refractivity contribution < 1.29 is 4.79 Å². The second-order valence-corrected chi connectivity index (χ2v) is 6.03. The van der Waals surface area contributed by atoms with Crippen molar-refractivity contribution in [1.82, 2.24) is 0 Å². The first-order valence-corrected chi connectivity index (χ1v) is 6.99. The van der Waals surface area contributed by atoms with Gasteiger partial charge in [0.1, 0.15) is 0 Å². The molecule has 0 spiro atoms. The van der Waals surface area contributed by atoms with E-state index in [-0.39, 0.29) is 11.2 Å². The lowest BCUT2D eigenvalue weighted by molar-refractivity contribution is -0.115. The minimum Gasteiger partial charge on any atom is -0.280 e. The van der Waals surface area contributed by atoms with Crippen LogP contribution in [0.5, 0.6) is 0 Å². The highest BCUT2D eigenvalue weighted by molar-refractivity contribution is 6.66. The molecule has 0 saturated carbocycles. The molecule has 2 atom stereocenters. The molecule has 0 amide bonds. The first kappa shape index (κ1) is 11.5. The summed E-state index contributed by atoms with van der Waals surface area (Å²) in [6.07, 6.45) is 0.740. The van der Waals surface area contributed by atoms with Crippen molar-refractivity contribution in [3.05, 3.63) is 69.7 Å². The lowest BCUT2D eigenvalue weighted by Crippen LogP contribution is -2.30. The van der Waals surface area contributed by atoms with Crippen molar-refractivity contribution in [3.8, 4) is 0 Å². The lowest BCUT2D eigenvalue weighted by Gasteiger charge is -2.27. The predicted molar refractivity (Wildman–Crippen MR) is 76.0 cm³/mol. The fourth-order valence-electron chi connectivity index (χ4n) is 3.74. The molecule has 2 bridgehead atoms. The molecular weight excluding hydrogens is 279 g/mol. The molecule has 0 radical (unpaired) electrons. The first-order valence-electron chi connectivity index (χ1n) is 6.24. The van der Waals surface area contributed by atoms with Crippen LogP contribution in [0.1, 0.15) is 34.6 Å². The minimum absolute atomic E-state index is 0.270. The SMILES string of the molecule is O=C(Cl)C12C[C@@H](c3ccccc31)c1ccc(Cl)cc12. The maximum Gasteiger partial charge on any atom is 0.236 e. The van der Waals surface area contributed by atoms with E-state index in [9.17, 15) is 4.79 Å². The highest BCUT2D eigenvalue weighted by Gasteiger charge is 2.56. The standard InChI is InChI=1S/C16H10Cl2O/c17-9-5-6-11-12-8-16(15(18)19,14(11)7-9)13-4-2-1-3-10(12)13/h1-7,12H,8H2/t12-,16?/m0/s1. The lowest BCUT2D eigenvalue weighted by atomic mass is 9.76. The molecular formula is C16H10Cl2O. The van der Waals surface area contributed by atoms with Crippen LogP contribution in [-0.2, 0) is 10.2 Å². The molecule has 94 valence electrons. The molecule has 1 nitrogen and oxygen atoms in total. The fourth-order valence-corrected chi connectivity index (χ4v) is 4.19. The summed E-state index contributed by atoms with van der Waals surface area (Å²) in [6.45, 7) is 0.